The molecular weight excluding hydrogens is 252 g/mol. The van der Waals surface area contributed by atoms with Crippen molar-refractivity contribution in [1.29, 1.82) is 0 Å². The van der Waals surface area contributed by atoms with E-state index < -0.39 is 10.0 Å². The number of nitrogen functional groups attached to an aromatic ring is 1. The number of rotatable bonds is 4. The van der Waals surface area contributed by atoms with E-state index in [0.29, 0.717) is 18.7 Å². The number of sulfonamides is 1. The van der Waals surface area contributed by atoms with E-state index in [1.54, 1.807) is 25.1 Å². The molecule has 0 radical (unpaired) electrons. The summed E-state index contributed by atoms with van der Waals surface area (Å²) in [4.78, 5) is 0.169. The minimum absolute atomic E-state index is 0.0231. The predicted molar refractivity (Wildman–Crippen MR) is 69.8 cm³/mol. The summed E-state index contributed by atoms with van der Waals surface area (Å²) in [5.41, 5.74) is 6.66. The Morgan fingerprint density at radius 1 is 1.50 bits per heavy atom. The van der Waals surface area contributed by atoms with E-state index in [1.807, 2.05) is 0 Å². The van der Waals surface area contributed by atoms with Crippen LogP contribution in [0.25, 0.3) is 0 Å². The largest absolute Gasteiger partial charge is 0.398 e. The molecule has 0 bridgehead atoms. The van der Waals surface area contributed by atoms with Crippen LogP contribution in [0.5, 0.6) is 0 Å². The van der Waals surface area contributed by atoms with Crippen molar-refractivity contribution in [3.05, 3.63) is 23.8 Å². The number of hydrogen-bond donors (Lipinski definition) is 2. The van der Waals surface area contributed by atoms with Crippen molar-refractivity contribution >= 4 is 15.7 Å². The van der Waals surface area contributed by atoms with Gasteiger partial charge in [-0.05, 0) is 31.4 Å². The van der Waals surface area contributed by atoms with Crippen LogP contribution in [-0.2, 0) is 14.8 Å². The molecule has 1 aliphatic heterocycles. The Morgan fingerprint density at radius 2 is 2.28 bits per heavy atom. The Labute approximate surface area is 107 Å². The monoisotopic (exact) mass is 270 g/mol. The summed E-state index contributed by atoms with van der Waals surface area (Å²) >= 11 is 0. The summed E-state index contributed by atoms with van der Waals surface area (Å²) in [5, 5.41) is 0. The fraction of sp³-hybridized carbons (Fsp3) is 0.500. The third-order valence-corrected chi connectivity index (χ3v) is 4.68. The van der Waals surface area contributed by atoms with Gasteiger partial charge in [-0.1, -0.05) is 12.1 Å². The highest BCUT2D eigenvalue weighted by atomic mass is 32.2. The van der Waals surface area contributed by atoms with E-state index in [-0.39, 0.29) is 16.7 Å². The fourth-order valence-corrected chi connectivity index (χ4v) is 3.54. The topological polar surface area (TPSA) is 81.4 Å². The van der Waals surface area contributed by atoms with Gasteiger partial charge < -0.3 is 10.5 Å². The summed E-state index contributed by atoms with van der Waals surface area (Å²) < 4.78 is 32.3. The number of anilines is 1. The molecular formula is C12H18N2O3S. The number of benzene rings is 1. The van der Waals surface area contributed by atoms with E-state index in [4.69, 9.17) is 10.5 Å². The third-order valence-electron chi connectivity index (χ3n) is 3.04. The standard InChI is InChI=1S/C12H18N2O3S/c1-9-4-2-6-11(13)12(9)18(15,16)14-8-10-5-3-7-17-10/h2,4,6,10,14H,3,5,7-8,13H2,1H3. The average Bonchev–Trinajstić information content (AvgIpc) is 2.78. The van der Waals surface area contributed by atoms with Crippen LogP contribution in [0, 0.1) is 6.92 Å². The SMILES string of the molecule is Cc1cccc(N)c1S(=O)(=O)NCC1CCCO1. The van der Waals surface area contributed by atoms with Crippen molar-refractivity contribution < 1.29 is 13.2 Å². The number of nitrogens with one attached hydrogen (secondary N) is 1. The van der Waals surface area contributed by atoms with Crippen LogP contribution in [0.2, 0.25) is 0 Å². The Bertz CT molecular complexity index is 502. The van der Waals surface area contributed by atoms with Gasteiger partial charge in [-0.2, -0.15) is 0 Å². The Kier molecular flexibility index (Phi) is 3.89. The van der Waals surface area contributed by atoms with Gasteiger partial charge in [0.05, 0.1) is 11.8 Å². The fourth-order valence-electron chi connectivity index (χ4n) is 2.12. The molecule has 2 rings (SSSR count). The molecule has 1 saturated heterocycles. The zero-order valence-corrected chi connectivity index (χ0v) is 11.2. The van der Waals surface area contributed by atoms with Crippen molar-refractivity contribution in [3.63, 3.8) is 0 Å². The lowest BCUT2D eigenvalue weighted by atomic mass is 10.2. The van der Waals surface area contributed by atoms with E-state index in [9.17, 15) is 8.42 Å². The molecule has 3 N–H and O–H groups in total. The van der Waals surface area contributed by atoms with Crippen LogP contribution in [-0.4, -0.2) is 27.7 Å². The minimum Gasteiger partial charge on any atom is -0.398 e. The van der Waals surface area contributed by atoms with Crippen LogP contribution in [0.1, 0.15) is 18.4 Å². The van der Waals surface area contributed by atoms with Gasteiger partial charge in [-0.3, -0.25) is 0 Å². The normalized spacial score (nSPS) is 20.2. The molecule has 1 atom stereocenters. The number of nitrogens with two attached hydrogens (primary N) is 1. The van der Waals surface area contributed by atoms with Gasteiger partial charge in [-0.25, -0.2) is 13.1 Å². The zero-order chi connectivity index (χ0) is 13.2. The lowest BCUT2D eigenvalue weighted by molar-refractivity contribution is 0.114. The van der Waals surface area contributed by atoms with E-state index in [0.717, 1.165) is 12.8 Å². The maximum absolute atomic E-state index is 12.2. The molecule has 5 nitrogen and oxygen atoms in total. The number of hydrogen-bond acceptors (Lipinski definition) is 4. The molecule has 1 aromatic carbocycles. The van der Waals surface area contributed by atoms with Gasteiger partial charge in [0, 0.05) is 13.2 Å². The van der Waals surface area contributed by atoms with Crippen molar-refractivity contribution in [3.8, 4) is 0 Å². The number of aryl methyl sites for hydroxylation is 1. The van der Waals surface area contributed by atoms with Crippen molar-refractivity contribution in [2.45, 2.75) is 30.8 Å². The van der Waals surface area contributed by atoms with Gasteiger partial charge in [0.1, 0.15) is 4.90 Å². The molecule has 0 aliphatic carbocycles. The van der Waals surface area contributed by atoms with E-state index >= 15 is 0 Å². The van der Waals surface area contributed by atoms with Gasteiger partial charge in [0.2, 0.25) is 10.0 Å². The van der Waals surface area contributed by atoms with Crippen LogP contribution < -0.4 is 10.5 Å². The molecule has 0 amide bonds. The average molecular weight is 270 g/mol. The van der Waals surface area contributed by atoms with Crippen molar-refractivity contribution in [1.82, 2.24) is 4.72 Å². The summed E-state index contributed by atoms with van der Waals surface area (Å²) in [6.07, 6.45) is 1.86. The first-order valence-electron chi connectivity index (χ1n) is 5.97. The van der Waals surface area contributed by atoms with Crippen molar-refractivity contribution in [2.24, 2.45) is 0 Å². The Morgan fingerprint density at radius 3 is 2.89 bits per heavy atom. The third kappa shape index (κ3) is 2.82. The molecule has 1 fully saturated rings. The highest BCUT2D eigenvalue weighted by Gasteiger charge is 2.23. The molecule has 1 aliphatic rings. The van der Waals surface area contributed by atoms with Crippen LogP contribution >= 0.6 is 0 Å². The maximum Gasteiger partial charge on any atom is 0.242 e. The Hall–Kier alpha value is -1.11. The van der Waals surface area contributed by atoms with Crippen LogP contribution in [0.4, 0.5) is 5.69 Å². The summed E-state index contributed by atoms with van der Waals surface area (Å²) in [7, 11) is -3.56. The predicted octanol–water partition coefficient (Wildman–Crippen LogP) is 1.03. The minimum atomic E-state index is -3.56. The molecule has 6 heteroatoms. The highest BCUT2D eigenvalue weighted by molar-refractivity contribution is 7.89. The molecule has 18 heavy (non-hydrogen) atoms. The molecule has 1 unspecified atom stereocenters. The first-order valence-corrected chi connectivity index (χ1v) is 7.45. The van der Waals surface area contributed by atoms with Gasteiger partial charge in [-0.15, -0.1) is 0 Å². The van der Waals surface area contributed by atoms with Crippen LogP contribution in [0.15, 0.2) is 23.1 Å². The van der Waals surface area contributed by atoms with Gasteiger partial charge in [0.25, 0.3) is 0 Å². The molecule has 1 aromatic rings. The van der Waals surface area contributed by atoms with E-state index in [1.165, 1.54) is 0 Å². The quantitative estimate of drug-likeness (QED) is 0.801. The van der Waals surface area contributed by atoms with Gasteiger partial charge in [0.15, 0.2) is 0 Å². The highest BCUT2D eigenvalue weighted by Crippen LogP contribution is 2.22. The van der Waals surface area contributed by atoms with Crippen LogP contribution in [0.3, 0.4) is 0 Å². The summed E-state index contributed by atoms with van der Waals surface area (Å²) in [5.74, 6) is 0. The second-order valence-corrected chi connectivity index (χ2v) is 6.18. The summed E-state index contributed by atoms with van der Waals surface area (Å²) in [6.45, 7) is 2.74. The lowest BCUT2D eigenvalue weighted by Crippen LogP contribution is -2.32. The smallest absolute Gasteiger partial charge is 0.242 e. The molecule has 0 saturated carbocycles. The van der Waals surface area contributed by atoms with Gasteiger partial charge >= 0.3 is 0 Å². The first-order chi connectivity index (χ1) is 8.50. The van der Waals surface area contributed by atoms with Crippen molar-refractivity contribution in [2.75, 3.05) is 18.9 Å². The molecule has 0 aromatic heterocycles. The lowest BCUT2D eigenvalue weighted by Gasteiger charge is -2.14. The molecule has 100 valence electrons. The maximum atomic E-state index is 12.2. The number of ether oxygens (including phenoxy) is 1. The Balaban J connectivity index is 2.15. The second kappa shape index (κ2) is 5.26. The van der Waals surface area contributed by atoms with E-state index in [2.05, 4.69) is 4.72 Å². The first kappa shape index (κ1) is 13.3. The molecule has 0 spiro atoms. The zero-order valence-electron chi connectivity index (χ0n) is 10.3. The second-order valence-electron chi connectivity index (χ2n) is 4.48. The summed E-state index contributed by atoms with van der Waals surface area (Å²) in [6, 6.07) is 5.06. The molecule has 1 heterocycles.